The first-order valence-corrected chi connectivity index (χ1v) is 13.4. The first kappa shape index (κ1) is 27.3. The molecule has 2 fully saturated rings. The molecular weight excluding hydrogens is 511 g/mol. The van der Waals surface area contributed by atoms with E-state index in [1.54, 1.807) is 18.3 Å². The van der Waals surface area contributed by atoms with Crippen LogP contribution >= 0.6 is 0 Å². The Morgan fingerprint density at radius 3 is 2.77 bits per heavy atom. The van der Waals surface area contributed by atoms with Crippen LogP contribution in [-0.4, -0.2) is 73.8 Å². The highest BCUT2D eigenvalue weighted by Crippen LogP contribution is 2.51. The van der Waals surface area contributed by atoms with E-state index in [-0.39, 0.29) is 23.1 Å². The number of carbonyl (C=O) groups excluding carboxylic acids is 1. The molecule has 0 unspecified atom stereocenters. The number of nitriles is 1. The summed E-state index contributed by atoms with van der Waals surface area (Å²) >= 11 is 0. The first-order valence-electron chi connectivity index (χ1n) is 13.4. The molecule has 0 bridgehead atoms. The molecule has 1 aromatic carbocycles. The van der Waals surface area contributed by atoms with Gasteiger partial charge in [-0.25, -0.2) is 14.4 Å². The third kappa shape index (κ3) is 5.70. The summed E-state index contributed by atoms with van der Waals surface area (Å²) in [6.07, 6.45) is 3.26. The van der Waals surface area contributed by atoms with E-state index in [1.165, 1.54) is 12.1 Å². The summed E-state index contributed by atoms with van der Waals surface area (Å²) in [5.74, 6) is 0.187. The molecule has 10 heteroatoms. The fourth-order valence-corrected chi connectivity index (χ4v) is 5.40. The lowest BCUT2D eigenvalue weighted by molar-refractivity contribution is -0.0344. The van der Waals surface area contributed by atoms with Crippen LogP contribution in [0.1, 0.15) is 35.8 Å². The molecule has 1 spiro atoms. The van der Waals surface area contributed by atoms with Gasteiger partial charge in [0.25, 0.3) is 5.91 Å². The average molecular weight is 545 g/mol. The highest BCUT2D eigenvalue weighted by atomic mass is 19.1. The molecular formula is C30H33FN6O3. The third-order valence-corrected chi connectivity index (χ3v) is 7.33. The summed E-state index contributed by atoms with van der Waals surface area (Å²) in [7, 11) is 3.89. The number of hydrogen-bond donors (Lipinski definition) is 1. The molecule has 208 valence electrons. The summed E-state index contributed by atoms with van der Waals surface area (Å²) < 4.78 is 25.6. The third-order valence-electron chi connectivity index (χ3n) is 7.33. The summed E-state index contributed by atoms with van der Waals surface area (Å²) in [6, 6.07) is 13.7. The number of anilines is 1. The monoisotopic (exact) mass is 544 g/mol. The Morgan fingerprint density at radius 1 is 1.25 bits per heavy atom. The average Bonchev–Trinajstić information content (AvgIpc) is 2.90. The number of pyridine rings is 2. The Hall–Kier alpha value is -4.23. The Kier molecular flexibility index (Phi) is 7.85. The van der Waals surface area contributed by atoms with Crippen LogP contribution in [0, 0.1) is 22.6 Å². The maximum atomic E-state index is 13.5. The smallest absolute Gasteiger partial charge is 0.273 e. The van der Waals surface area contributed by atoms with Crippen molar-refractivity contribution in [3.63, 3.8) is 0 Å². The quantitative estimate of drug-likeness (QED) is 0.410. The van der Waals surface area contributed by atoms with Crippen LogP contribution in [0.5, 0.6) is 11.6 Å². The van der Waals surface area contributed by atoms with Crippen LogP contribution in [0.3, 0.4) is 0 Å². The summed E-state index contributed by atoms with van der Waals surface area (Å²) in [5, 5.41) is 12.3. The van der Waals surface area contributed by atoms with Crippen molar-refractivity contribution in [1.29, 1.82) is 5.26 Å². The van der Waals surface area contributed by atoms with Crippen LogP contribution in [0.2, 0.25) is 0 Å². The van der Waals surface area contributed by atoms with Gasteiger partial charge >= 0.3 is 0 Å². The number of carbonyl (C=O) groups is 1. The molecule has 2 aliphatic rings. The number of aromatic nitrogens is 2. The van der Waals surface area contributed by atoms with Crippen LogP contribution in [0.4, 0.5) is 10.1 Å². The molecule has 1 aliphatic heterocycles. The van der Waals surface area contributed by atoms with Gasteiger partial charge in [-0.3, -0.25) is 4.79 Å². The molecule has 40 heavy (non-hydrogen) atoms. The topological polar surface area (TPSA) is 104 Å². The normalized spacial score (nSPS) is 15.8. The van der Waals surface area contributed by atoms with Crippen molar-refractivity contribution in [1.82, 2.24) is 20.2 Å². The Morgan fingerprint density at radius 2 is 2.05 bits per heavy atom. The van der Waals surface area contributed by atoms with Crippen LogP contribution in [-0.2, 0) is 0 Å². The second-order valence-electron chi connectivity index (χ2n) is 10.7. The van der Waals surface area contributed by atoms with E-state index in [9.17, 15) is 14.4 Å². The predicted molar refractivity (Wildman–Crippen MR) is 149 cm³/mol. The maximum absolute atomic E-state index is 13.5. The van der Waals surface area contributed by atoms with Crippen molar-refractivity contribution in [3.05, 3.63) is 65.7 Å². The summed E-state index contributed by atoms with van der Waals surface area (Å²) in [5.41, 5.74) is 2.71. The number of halogens is 1. The Balaban J connectivity index is 1.30. The Labute approximate surface area is 233 Å². The predicted octanol–water partition coefficient (Wildman–Crippen LogP) is 3.89. The van der Waals surface area contributed by atoms with Gasteiger partial charge in [-0.2, -0.15) is 5.26 Å². The van der Waals surface area contributed by atoms with Crippen molar-refractivity contribution in [2.24, 2.45) is 5.41 Å². The number of ether oxygens (including phenoxy) is 2. The minimum atomic E-state index is -0.411. The molecule has 1 aliphatic carbocycles. The van der Waals surface area contributed by atoms with Gasteiger partial charge in [0, 0.05) is 37.8 Å². The van der Waals surface area contributed by atoms with Crippen LogP contribution < -0.4 is 19.7 Å². The summed E-state index contributed by atoms with van der Waals surface area (Å²) in [4.78, 5) is 26.4. The zero-order valence-electron chi connectivity index (χ0n) is 23.0. The van der Waals surface area contributed by atoms with Gasteiger partial charge in [-0.05, 0) is 76.3 Å². The van der Waals surface area contributed by atoms with Crippen molar-refractivity contribution in [2.75, 3.05) is 51.8 Å². The number of likely N-dealkylation sites (N-methyl/N-ethyl adjacent to an activating group) is 1. The van der Waals surface area contributed by atoms with E-state index in [4.69, 9.17) is 14.5 Å². The molecule has 0 atom stereocenters. The molecule has 9 nitrogen and oxygen atoms in total. The molecule has 1 saturated carbocycles. The van der Waals surface area contributed by atoms with E-state index in [2.05, 4.69) is 21.3 Å². The number of hydrogen-bond acceptors (Lipinski definition) is 8. The highest BCUT2D eigenvalue weighted by molar-refractivity contribution is 5.95. The Bertz CT molecular complexity index is 1430. The van der Waals surface area contributed by atoms with E-state index < -0.39 is 5.82 Å². The lowest BCUT2D eigenvalue weighted by Gasteiger charge is -2.59. The number of nitrogens with one attached hydrogen (secondary N) is 1. The maximum Gasteiger partial charge on any atom is 0.273 e. The van der Waals surface area contributed by atoms with E-state index in [0.29, 0.717) is 48.1 Å². The van der Waals surface area contributed by atoms with Gasteiger partial charge in [0.1, 0.15) is 18.0 Å². The second-order valence-corrected chi connectivity index (χ2v) is 10.7. The van der Waals surface area contributed by atoms with Gasteiger partial charge in [-0.1, -0.05) is 0 Å². The lowest BCUT2D eigenvalue weighted by atomic mass is 9.61. The van der Waals surface area contributed by atoms with E-state index in [1.807, 2.05) is 44.1 Å². The molecule has 1 saturated heterocycles. The largest absolute Gasteiger partial charge is 0.488 e. The fourth-order valence-electron chi connectivity index (χ4n) is 5.40. The van der Waals surface area contributed by atoms with Gasteiger partial charge in [-0.15, -0.1) is 0 Å². The zero-order valence-corrected chi connectivity index (χ0v) is 23.0. The van der Waals surface area contributed by atoms with E-state index in [0.717, 1.165) is 31.6 Å². The standard InChI is InChI=1S/C30H33FN6O3/c1-4-39-29-23(6-5-11-34-29)24-8-10-26(27(35-24)28(38)33-12-13-36(2)3)40-22-15-30(16-22)18-37(19-30)25-9-7-21(31)14-20(25)17-32/h5-11,14,22H,4,12-13,15-16,18-19H2,1-3H3,(H,33,38). The molecule has 1 amide bonds. The number of amides is 1. The number of rotatable bonds is 10. The second kappa shape index (κ2) is 11.5. The van der Waals surface area contributed by atoms with Gasteiger partial charge in [0.2, 0.25) is 5.88 Å². The first-order chi connectivity index (χ1) is 19.3. The van der Waals surface area contributed by atoms with Crippen molar-refractivity contribution in [3.8, 4) is 29.0 Å². The fraction of sp³-hybridized carbons (Fsp3) is 0.400. The van der Waals surface area contributed by atoms with Gasteiger partial charge < -0.3 is 24.6 Å². The number of benzene rings is 1. The van der Waals surface area contributed by atoms with Crippen molar-refractivity contribution < 1.29 is 18.7 Å². The van der Waals surface area contributed by atoms with Crippen LogP contribution in [0.25, 0.3) is 11.3 Å². The lowest BCUT2D eigenvalue weighted by Crippen LogP contribution is -2.65. The molecule has 1 N–H and O–H groups in total. The molecule has 2 aromatic heterocycles. The SMILES string of the molecule is CCOc1ncccc1-c1ccc(OC2CC3(C2)CN(c2ccc(F)cc2C#N)C3)c(C(=O)NCCN(C)C)n1. The van der Waals surface area contributed by atoms with Gasteiger partial charge in [0.15, 0.2) is 11.4 Å². The molecule has 5 rings (SSSR count). The highest BCUT2D eigenvalue weighted by Gasteiger charge is 2.54. The van der Waals surface area contributed by atoms with Crippen LogP contribution in [0.15, 0.2) is 48.7 Å². The number of nitrogens with zero attached hydrogens (tertiary/aromatic N) is 5. The van der Waals surface area contributed by atoms with Gasteiger partial charge in [0.05, 0.1) is 29.1 Å². The minimum Gasteiger partial charge on any atom is -0.488 e. The summed E-state index contributed by atoms with van der Waals surface area (Å²) in [6.45, 7) is 5.09. The molecule has 3 heterocycles. The molecule has 0 radical (unpaired) electrons. The zero-order chi connectivity index (χ0) is 28.3. The van der Waals surface area contributed by atoms with Crippen molar-refractivity contribution in [2.45, 2.75) is 25.9 Å². The minimum absolute atomic E-state index is 0.0517. The molecule has 3 aromatic rings. The van der Waals surface area contributed by atoms with E-state index >= 15 is 0 Å². The van der Waals surface area contributed by atoms with Crippen molar-refractivity contribution >= 4 is 11.6 Å².